The highest BCUT2D eigenvalue weighted by Gasteiger charge is 2.34. The van der Waals surface area contributed by atoms with E-state index in [0.717, 1.165) is 35.4 Å². The van der Waals surface area contributed by atoms with Crippen molar-refractivity contribution in [3.8, 4) is 11.5 Å². The molecule has 2 aromatic rings. The number of benzene rings is 1. The standard InChI is InChI=1S/C18H18N2O3S/c21-18(19-12-1-4-14-15(8-12)23-6-5-22-14)16-7-11-9-20(13-2-3-13)10-17(11)24-16/h1,4,7-8,13H,2-3,5-6,9-10H2,(H,19,21). The van der Waals surface area contributed by atoms with E-state index in [-0.39, 0.29) is 5.91 Å². The molecule has 3 heterocycles. The number of hydrogen-bond acceptors (Lipinski definition) is 5. The van der Waals surface area contributed by atoms with Gasteiger partial charge < -0.3 is 14.8 Å². The van der Waals surface area contributed by atoms with E-state index < -0.39 is 0 Å². The molecule has 1 fully saturated rings. The Morgan fingerprint density at radius 2 is 1.96 bits per heavy atom. The maximum absolute atomic E-state index is 12.5. The van der Waals surface area contributed by atoms with Crippen molar-refractivity contribution < 1.29 is 14.3 Å². The fourth-order valence-corrected chi connectivity index (χ4v) is 4.41. The van der Waals surface area contributed by atoms with Crippen molar-refractivity contribution in [3.63, 3.8) is 0 Å². The lowest BCUT2D eigenvalue weighted by Gasteiger charge is -2.18. The first-order chi connectivity index (χ1) is 11.8. The lowest BCUT2D eigenvalue weighted by atomic mass is 10.2. The zero-order chi connectivity index (χ0) is 16.1. The van der Waals surface area contributed by atoms with Crippen LogP contribution < -0.4 is 14.8 Å². The van der Waals surface area contributed by atoms with E-state index in [2.05, 4.69) is 16.3 Å². The fourth-order valence-electron chi connectivity index (χ4n) is 3.32. The van der Waals surface area contributed by atoms with E-state index in [9.17, 15) is 4.79 Å². The van der Waals surface area contributed by atoms with Gasteiger partial charge >= 0.3 is 0 Å². The van der Waals surface area contributed by atoms with Gasteiger partial charge in [0, 0.05) is 35.8 Å². The first kappa shape index (κ1) is 14.3. The SMILES string of the molecule is O=C(Nc1ccc2c(c1)OCCO2)c1cc2c(s1)CN(C1CC1)C2. The van der Waals surface area contributed by atoms with Crippen molar-refractivity contribution in [3.05, 3.63) is 39.6 Å². The van der Waals surface area contributed by atoms with Gasteiger partial charge in [0.1, 0.15) is 13.2 Å². The molecule has 5 nitrogen and oxygen atoms in total. The smallest absolute Gasteiger partial charge is 0.265 e. The lowest BCUT2D eigenvalue weighted by molar-refractivity contribution is 0.103. The van der Waals surface area contributed by atoms with Gasteiger partial charge in [0.15, 0.2) is 11.5 Å². The van der Waals surface area contributed by atoms with Crippen molar-refractivity contribution in [1.29, 1.82) is 0 Å². The molecular weight excluding hydrogens is 324 g/mol. The third-order valence-corrected chi connectivity index (χ3v) is 5.86. The van der Waals surface area contributed by atoms with E-state index in [1.165, 1.54) is 23.3 Å². The van der Waals surface area contributed by atoms with Crippen LogP contribution in [0.1, 0.15) is 33.0 Å². The first-order valence-electron chi connectivity index (χ1n) is 8.33. The van der Waals surface area contributed by atoms with Crippen LogP contribution in [0.15, 0.2) is 24.3 Å². The number of thiophene rings is 1. The Bertz CT molecular complexity index is 789. The third-order valence-electron chi connectivity index (χ3n) is 4.70. The Kier molecular flexibility index (Phi) is 3.28. The van der Waals surface area contributed by atoms with E-state index in [1.807, 2.05) is 18.2 Å². The number of nitrogens with zero attached hydrogens (tertiary/aromatic N) is 1. The van der Waals surface area contributed by atoms with Crippen LogP contribution in [0.4, 0.5) is 5.69 Å². The summed E-state index contributed by atoms with van der Waals surface area (Å²) in [5, 5.41) is 2.97. The minimum Gasteiger partial charge on any atom is -0.486 e. The predicted octanol–water partition coefficient (Wildman–Crippen LogP) is 3.25. The molecule has 3 aliphatic rings. The highest BCUT2D eigenvalue weighted by Crippen LogP contribution is 2.38. The molecule has 1 saturated carbocycles. The maximum Gasteiger partial charge on any atom is 0.265 e. The molecule has 0 saturated heterocycles. The summed E-state index contributed by atoms with van der Waals surface area (Å²) >= 11 is 1.62. The normalized spacial score (nSPS) is 19.2. The van der Waals surface area contributed by atoms with Gasteiger partial charge in [-0.25, -0.2) is 0 Å². The Labute approximate surface area is 144 Å². The second-order valence-electron chi connectivity index (χ2n) is 6.51. The summed E-state index contributed by atoms with van der Waals surface area (Å²) in [5.41, 5.74) is 2.05. The van der Waals surface area contributed by atoms with Crippen molar-refractivity contribution in [2.75, 3.05) is 18.5 Å². The zero-order valence-electron chi connectivity index (χ0n) is 13.2. The van der Waals surface area contributed by atoms with Gasteiger partial charge in [0.25, 0.3) is 5.91 Å². The van der Waals surface area contributed by atoms with E-state index in [0.29, 0.717) is 19.0 Å². The van der Waals surface area contributed by atoms with Crippen LogP contribution in [0.5, 0.6) is 11.5 Å². The average molecular weight is 342 g/mol. The Hall–Kier alpha value is -2.05. The van der Waals surface area contributed by atoms with E-state index >= 15 is 0 Å². The number of fused-ring (bicyclic) bond motifs is 2. The summed E-state index contributed by atoms with van der Waals surface area (Å²) < 4.78 is 11.1. The van der Waals surface area contributed by atoms with Crippen LogP contribution in [0.2, 0.25) is 0 Å². The van der Waals surface area contributed by atoms with Crippen molar-refractivity contribution in [1.82, 2.24) is 4.90 Å². The minimum absolute atomic E-state index is 0.0518. The zero-order valence-corrected chi connectivity index (χ0v) is 14.0. The number of nitrogens with one attached hydrogen (secondary N) is 1. The molecule has 0 unspecified atom stereocenters. The number of ether oxygens (including phenoxy) is 2. The highest BCUT2D eigenvalue weighted by atomic mass is 32.1. The summed E-state index contributed by atoms with van der Waals surface area (Å²) in [6.07, 6.45) is 2.65. The van der Waals surface area contributed by atoms with Crippen LogP contribution in [0, 0.1) is 0 Å². The summed E-state index contributed by atoms with van der Waals surface area (Å²) in [6.45, 7) is 3.10. The van der Waals surface area contributed by atoms with Crippen molar-refractivity contribution in [2.24, 2.45) is 0 Å². The maximum atomic E-state index is 12.5. The molecule has 1 N–H and O–H groups in total. The van der Waals surface area contributed by atoms with Crippen LogP contribution in [-0.4, -0.2) is 30.1 Å². The van der Waals surface area contributed by atoms with Gasteiger partial charge in [0.05, 0.1) is 4.88 Å². The molecule has 1 aromatic heterocycles. The summed E-state index contributed by atoms with van der Waals surface area (Å²) in [7, 11) is 0. The van der Waals surface area contributed by atoms with Gasteiger partial charge in [-0.3, -0.25) is 9.69 Å². The lowest BCUT2D eigenvalue weighted by Crippen LogP contribution is -2.18. The number of rotatable bonds is 3. The van der Waals surface area contributed by atoms with Crippen LogP contribution in [0.25, 0.3) is 0 Å². The van der Waals surface area contributed by atoms with Crippen molar-refractivity contribution in [2.45, 2.75) is 32.0 Å². The second-order valence-corrected chi connectivity index (χ2v) is 7.64. The molecule has 0 atom stereocenters. The molecule has 0 radical (unpaired) electrons. The third kappa shape index (κ3) is 2.56. The van der Waals surface area contributed by atoms with Gasteiger partial charge in [0.2, 0.25) is 0 Å². The molecule has 1 aliphatic carbocycles. The average Bonchev–Trinajstić information content (AvgIpc) is 3.24. The number of amides is 1. The summed E-state index contributed by atoms with van der Waals surface area (Å²) in [4.78, 5) is 17.2. The number of anilines is 1. The van der Waals surface area contributed by atoms with Crippen LogP contribution in [0.3, 0.4) is 0 Å². The minimum atomic E-state index is -0.0518. The van der Waals surface area contributed by atoms with Crippen LogP contribution in [-0.2, 0) is 13.1 Å². The molecule has 2 aliphatic heterocycles. The van der Waals surface area contributed by atoms with Gasteiger partial charge in [-0.2, -0.15) is 0 Å². The Balaban J connectivity index is 1.30. The number of hydrogen-bond donors (Lipinski definition) is 1. The highest BCUT2D eigenvalue weighted by molar-refractivity contribution is 7.14. The molecule has 1 aromatic carbocycles. The van der Waals surface area contributed by atoms with Crippen LogP contribution >= 0.6 is 11.3 Å². The molecule has 24 heavy (non-hydrogen) atoms. The van der Waals surface area contributed by atoms with Gasteiger partial charge in [-0.15, -0.1) is 11.3 Å². The quantitative estimate of drug-likeness (QED) is 0.930. The second kappa shape index (κ2) is 5.50. The number of carbonyl (C=O) groups is 1. The summed E-state index contributed by atoms with van der Waals surface area (Å²) in [5.74, 6) is 1.37. The Morgan fingerprint density at radius 1 is 1.12 bits per heavy atom. The predicted molar refractivity (Wildman–Crippen MR) is 92.0 cm³/mol. The Morgan fingerprint density at radius 3 is 2.75 bits per heavy atom. The molecule has 124 valence electrons. The van der Waals surface area contributed by atoms with E-state index in [4.69, 9.17) is 9.47 Å². The van der Waals surface area contributed by atoms with Crippen molar-refractivity contribution >= 4 is 22.9 Å². The topological polar surface area (TPSA) is 50.8 Å². The first-order valence-corrected chi connectivity index (χ1v) is 9.14. The van der Waals surface area contributed by atoms with E-state index in [1.54, 1.807) is 11.3 Å². The molecule has 1 amide bonds. The largest absolute Gasteiger partial charge is 0.486 e. The molecule has 6 heteroatoms. The molecule has 5 rings (SSSR count). The molecular formula is C18H18N2O3S. The van der Waals surface area contributed by atoms with Gasteiger partial charge in [-0.05, 0) is 36.6 Å². The fraction of sp³-hybridized carbons (Fsp3) is 0.389. The monoisotopic (exact) mass is 342 g/mol. The van der Waals surface area contributed by atoms with Gasteiger partial charge in [-0.1, -0.05) is 0 Å². The number of carbonyl (C=O) groups excluding carboxylic acids is 1. The molecule has 0 bridgehead atoms. The summed E-state index contributed by atoms with van der Waals surface area (Å²) in [6, 6.07) is 8.34. The molecule has 0 spiro atoms.